The minimum atomic E-state index is -1.05. The number of nitrogens with zero attached hydrogens (tertiary/aromatic N) is 3. The van der Waals surface area contributed by atoms with E-state index in [9.17, 15) is 14.4 Å². The molecule has 1 aromatic heterocycles. The van der Waals surface area contributed by atoms with Crippen LogP contribution in [0.25, 0.3) is 5.69 Å². The Labute approximate surface area is 293 Å². The van der Waals surface area contributed by atoms with Crippen LogP contribution in [0.4, 0.5) is 4.79 Å². The van der Waals surface area contributed by atoms with Gasteiger partial charge in [0, 0.05) is 32.7 Å². The van der Waals surface area contributed by atoms with E-state index in [0.29, 0.717) is 35.7 Å². The number of rotatable bonds is 16. The third-order valence-corrected chi connectivity index (χ3v) is 7.59. The van der Waals surface area contributed by atoms with Crippen LogP contribution in [-0.2, 0) is 54.5 Å². The number of methoxy groups -OCH3 is 2. The van der Waals surface area contributed by atoms with Crippen LogP contribution < -0.4 is 10.1 Å². The second-order valence-corrected chi connectivity index (χ2v) is 12.8. The number of amides is 1. The van der Waals surface area contributed by atoms with E-state index < -0.39 is 29.7 Å². The molecule has 0 radical (unpaired) electrons. The summed E-state index contributed by atoms with van der Waals surface area (Å²) in [7, 11) is 4.77. The Morgan fingerprint density at radius 3 is 2.20 bits per heavy atom. The Morgan fingerprint density at radius 2 is 1.56 bits per heavy atom. The predicted octanol–water partition coefficient (Wildman–Crippen LogP) is 5.25. The zero-order valence-electron chi connectivity index (χ0n) is 29.5. The van der Waals surface area contributed by atoms with Gasteiger partial charge in [-0.05, 0) is 56.6 Å². The number of carbonyl (C=O) groups is 3. The van der Waals surface area contributed by atoms with Crippen LogP contribution in [0, 0.1) is 0 Å². The molecule has 2 atom stereocenters. The summed E-state index contributed by atoms with van der Waals surface area (Å²) in [5.41, 5.74) is 3.08. The lowest BCUT2D eigenvalue weighted by atomic mass is 10.0. The van der Waals surface area contributed by atoms with Crippen molar-refractivity contribution in [2.24, 2.45) is 0 Å². The molecule has 0 aliphatic heterocycles. The molecule has 266 valence electrons. The van der Waals surface area contributed by atoms with Gasteiger partial charge in [-0.1, -0.05) is 66.7 Å². The Hall–Kier alpha value is -5.20. The van der Waals surface area contributed by atoms with Gasteiger partial charge in [-0.15, -0.1) is 0 Å². The number of likely N-dealkylation sites (N-methyl/N-ethyl adjacent to an activating group) is 1. The van der Waals surface area contributed by atoms with Crippen LogP contribution in [0.2, 0.25) is 0 Å². The lowest BCUT2D eigenvalue weighted by Gasteiger charge is -2.25. The molecule has 4 aromatic rings. The summed E-state index contributed by atoms with van der Waals surface area (Å²) >= 11 is 0. The first-order valence-electron chi connectivity index (χ1n) is 16.3. The molecule has 0 fully saturated rings. The Balaban J connectivity index is 1.58. The molecule has 0 aliphatic rings. The SMILES string of the molecule is COCOc1ccc(C[C@H](NC(=O)OC(C)(C)C)C(=O)OCc2ccccc2)cc1-n1cnc(C[C@@H](C(=O)OC)N(C)Cc2ccccc2)c1. The Kier molecular flexibility index (Phi) is 13.5. The molecule has 50 heavy (non-hydrogen) atoms. The maximum atomic E-state index is 13.4. The van der Waals surface area contributed by atoms with Crippen molar-refractivity contribution in [3.63, 3.8) is 0 Å². The highest BCUT2D eigenvalue weighted by molar-refractivity contribution is 5.82. The molecule has 12 heteroatoms. The number of nitrogens with one attached hydrogen (secondary N) is 1. The zero-order valence-corrected chi connectivity index (χ0v) is 29.5. The summed E-state index contributed by atoms with van der Waals surface area (Å²) in [6, 6.07) is 22.9. The first-order chi connectivity index (χ1) is 24.0. The third kappa shape index (κ3) is 11.5. The minimum Gasteiger partial charge on any atom is -0.468 e. The van der Waals surface area contributed by atoms with Crippen molar-refractivity contribution in [1.82, 2.24) is 19.8 Å². The van der Waals surface area contributed by atoms with Crippen LogP contribution >= 0.6 is 0 Å². The molecule has 0 aliphatic carbocycles. The minimum absolute atomic E-state index is 0.00275. The number of imidazole rings is 1. The number of hydrogen-bond donors (Lipinski definition) is 1. The topological polar surface area (TPSA) is 130 Å². The summed E-state index contributed by atoms with van der Waals surface area (Å²) in [5.74, 6) is -0.486. The third-order valence-electron chi connectivity index (χ3n) is 7.59. The highest BCUT2D eigenvalue weighted by Crippen LogP contribution is 2.26. The van der Waals surface area contributed by atoms with Crippen LogP contribution in [0.15, 0.2) is 91.4 Å². The fourth-order valence-corrected chi connectivity index (χ4v) is 5.18. The molecule has 1 amide bonds. The van der Waals surface area contributed by atoms with Gasteiger partial charge in [0.05, 0.1) is 24.8 Å². The number of alkyl carbamates (subject to hydrolysis) is 1. The van der Waals surface area contributed by atoms with Crippen molar-refractivity contribution in [3.8, 4) is 11.4 Å². The van der Waals surface area contributed by atoms with E-state index in [4.69, 9.17) is 23.7 Å². The normalized spacial score (nSPS) is 12.5. The highest BCUT2D eigenvalue weighted by atomic mass is 16.7. The van der Waals surface area contributed by atoms with Crippen molar-refractivity contribution in [2.75, 3.05) is 28.1 Å². The first-order valence-corrected chi connectivity index (χ1v) is 16.3. The van der Waals surface area contributed by atoms with Gasteiger partial charge in [-0.3, -0.25) is 9.69 Å². The number of ether oxygens (including phenoxy) is 5. The molecule has 0 spiro atoms. The zero-order chi connectivity index (χ0) is 36.1. The van der Waals surface area contributed by atoms with E-state index in [-0.39, 0.29) is 25.8 Å². The number of hydrogen-bond acceptors (Lipinski definition) is 10. The lowest BCUT2D eigenvalue weighted by Crippen LogP contribution is -2.45. The summed E-state index contributed by atoms with van der Waals surface area (Å²) in [6.07, 6.45) is 3.10. The van der Waals surface area contributed by atoms with E-state index >= 15 is 0 Å². The molecule has 0 unspecified atom stereocenters. The van der Waals surface area contributed by atoms with E-state index in [1.54, 1.807) is 43.8 Å². The molecule has 0 bridgehead atoms. The number of aromatic nitrogens is 2. The second kappa shape index (κ2) is 18.0. The fraction of sp³-hybridized carbons (Fsp3) is 0.368. The molecule has 0 saturated heterocycles. The summed E-state index contributed by atoms with van der Waals surface area (Å²) in [5, 5.41) is 2.68. The van der Waals surface area contributed by atoms with Gasteiger partial charge in [0.15, 0.2) is 6.79 Å². The largest absolute Gasteiger partial charge is 0.468 e. The molecule has 12 nitrogen and oxygen atoms in total. The monoisotopic (exact) mass is 686 g/mol. The van der Waals surface area contributed by atoms with Gasteiger partial charge in [0.2, 0.25) is 0 Å². The van der Waals surface area contributed by atoms with Crippen LogP contribution in [-0.4, -0.2) is 78.2 Å². The number of esters is 2. The summed E-state index contributed by atoms with van der Waals surface area (Å²) in [4.78, 5) is 45.5. The lowest BCUT2D eigenvalue weighted by molar-refractivity contribution is -0.148. The van der Waals surface area contributed by atoms with E-state index in [0.717, 1.165) is 11.1 Å². The average Bonchev–Trinajstić information content (AvgIpc) is 3.57. The van der Waals surface area contributed by atoms with Gasteiger partial charge in [-0.2, -0.15) is 0 Å². The van der Waals surface area contributed by atoms with Crippen LogP contribution in [0.5, 0.6) is 5.75 Å². The predicted molar refractivity (Wildman–Crippen MR) is 187 cm³/mol. The summed E-state index contributed by atoms with van der Waals surface area (Å²) in [6.45, 7) is 5.82. The molecular weight excluding hydrogens is 640 g/mol. The molecule has 4 rings (SSSR count). The van der Waals surface area contributed by atoms with Crippen molar-refractivity contribution < 1.29 is 38.1 Å². The van der Waals surface area contributed by atoms with Gasteiger partial charge in [-0.25, -0.2) is 14.6 Å². The maximum absolute atomic E-state index is 13.4. The van der Waals surface area contributed by atoms with Gasteiger partial charge >= 0.3 is 18.0 Å². The molecule has 3 aromatic carbocycles. The quantitative estimate of drug-likeness (QED) is 0.0948. The van der Waals surface area contributed by atoms with Gasteiger partial charge in [0.25, 0.3) is 0 Å². The van der Waals surface area contributed by atoms with Crippen molar-refractivity contribution in [3.05, 3.63) is 114 Å². The smallest absolute Gasteiger partial charge is 0.408 e. The van der Waals surface area contributed by atoms with E-state index in [2.05, 4.69) is 10.3 Å². The van der Waals surface area contributed by atoms with Gasteiger partial charge in [0.1, 0.15) is 30.0 Å². The van der Waals surface area contributed by atoms with Crippen molar-refractivity contribution >= 4 is 18.0 Å². The highest BCUT2D eigenvalue weighted by Gasteiger charge is 2.28. The van der Waals surface area contributed by atoms with Crippen molar-refractivity contribution in [2.45, 2.75) is 64.4 Å². The fourth-order valence-electron chi connectivity index (χ4n) is 5.18. The molecule has 1 heterocycles. The molecular formula is C38H46N4O8. The number of benzene rings is 3. The Morgan fingerprint density at radius 1 is 0.880 bits per heavy atom. The van der Waals surface area contributed by atoms with E-state index in [1.807, 2.05) is 84.9 Å². The number of carbonyl (C=O) groups excluding carboxylic acids is 3. The van der Waals surface area contributed by atoms with Crippen LogP contribution in [0.1, 0.15) is 43.2 Å². The van der Waals surface area contributed by atoms with Crippen LogP contribution in [0.3, 0.4) is 0 Å². The average molecular weight is 687 g/mol. The maximum Gasteiger partial charge on any atom is 0.408 e. The first kappa shape index (κ1) is 37.6. The molecule has 1 N–H and O–H groups in total. The standard InChI is InChI=1S/C38H46N4O8/c1-38(2,3)50-37(45)40-31(35(43)48-24-28-15-11-8-12-16-28)19-29-17-18-34(49-26-46-5)32(20-29)42-23-30(39-25-42)21-33(36(44)47-6)41(4)22-27-13-9-7-10-14-27/h7-18,20,23,25,31,33H,19,21-22,24,26H2,1-6H3,(H,40,45)/t31-,33-/m0/s1. The second-order valence-electron chi connectivity index (χ2n) is 12.8. The summed E-state index contributed by atoms with van der Waals surface area (Å²) < 4.78 is 29.0. The van der Waals surface area contributed by atoms with Crippen molar-refractivity contribution in [1.29, 1.82) is 0 Å². The van der Waals surface area contributed by atoms with Gasteiger partial charge < -0.3 is 33.6 Å². The Bertz CT molecular complexity index is 1690. The van der Waals surface area contributed by atoms with E-state index in [1.165, 1.54) is 14.2 Å². The molecule has 0 saturated carbocycles.